The fourth-order valence-corrected chi connectivity index (χ4v) is 1.97. The van der Waals surface area contributed by atoms with E-state index in [1.54, 1.807) is 7.11 Å². The zero-order valence-corrected chi connectivity index (χ0v) is 12.1. The smallest absolute Gasteiger partial charge is 0.322 e. The Kier molecular flexibility index (Phi) is 4.91. The maximum Gasteiger partial charge on any atom is 0.322 e. The number of methoxy groups -OCH3 is 2. The summed E-state index contributed by atoms with van der Waals surface area (Å²) in [6, 6.07) is 0.271. The quantitative estimate of drug-likeness (QED) is 0.749. The molecular formula is C12H21N5O3. The van der Waals surface area contributed by atoms with Gasteiger partial charge in [-0.25, -0.2) is 0 Å². The van der Waals surface area contributed by atoms with E-state index in [0.717, 1.165) is 13.0 Å². The SMILES string of the molecule is CCNc1nc(NCC2(OC)CCOC2)nc(OC)n1. The van der Waals surface area contributed by atoms with Crippen LogP contribution in [0.2, 0.25) is 0 Å². The van der Waals surface area contributed by atoms with Crippen molar-refractivity contribution in [2.45, 2.75) is 18.9 Å². The molecule has 1 saturated heterocycles. The third kappa shape index (κ3) is 3.45. The second-order valence-corrected chi connectivity index (χ2v) is 4.54. The molecule has 0 aromatic carbocycles. The summed E-state index contributed by atoms with van der Waals surface area (Å²) >= 11 is 0. The van der Waals surface area contributed by atoms with Gasteiger partial charge in [0.15, 0.2) is 0 Å². The van der Waals surface area contributed by atoms with Gasteiger partial charge in [0.1, 0.15) is 5.60 Å². The third-order valence-corrected chi connectivity index (χ3v) is 3.20. The number of anilines is 2. The first-order valence-corrected chi connectivity index (χ1v) is 6.62. The topological polar surface area (TPSA) is 90.4 Å². The first kappa shape index (κ1) is 14.7. The number of nitrogens with zero attached hydrogens (tertiary/aromatic N) is 3. The van der Waals surface area contributed by atoms with Gasteiger partial charge in [-0.3, -0.25) is 0 Å². The number of nitrogens with one attached hydrogen (secondary N) is 2. The average Bonchev–Trinajstić information content (AvgIpc) is 2.95. The van der Waals surface area contributed by atoms with E-state index in [4.69, 9.17) is 14.2 Å². The van der Waals surface area contributed by atoms with E-state index in [9.17, 15) is 0 Å². The van der Waals surface area contributed by atoms with Gasteiger partial charge in [0.2, 0.25) is 11.9 Å². The zero-order valence-electron chi connectivity index (χ0n) is 12.1. The Balaban J connectivity index is 2.06. The number of aromatic nitrogens is 3. The lowest BCUT2D eigenvalue weighted by Crippen LogP contribution is -2.40. The monoisotopic (exact) mass is 283 g/mol. The molecule has 0 spiro atoms. The summed E-state index contributed by atoms with van der Waals surface area (Å²) in [4.78, 5) is 12.6. The average molecular weight is 283 g/mol. The van der Waals surface area contributed by atoms with Gasteiger partial charge >= 0.3 is 6.01 Å². The van der Waals surface area contributed by atoms with Gasteiger partial charge in [-0.05, 0) is 6.92 Å². The van der Waals surface area contributed by atoms with Crippen LogP contribution in [-0.4, -0.2) is 61.1 Å². The molecule has 1 atom stereocenters. The molecule has 0 amide bonds. The van der Waals surface area contributed by atoms with Crippen molar-refractivity contribution in [3.63, 3.8) is 0 Å². The summed E-state index contributed by atoms with van der Waals surface area (Å²) in [7, 11) is 3.21. The Hall–Kier alpha value is -1.67. The maximum absolute atomic E-state index is 5.55. The minimum atomic E-state index is -0.321. The lowest BCUT2D eigenvalue weighted by atomic mass is 10.0. The van der Waals surface area contributed by atoms with E-state index in [1.165, 1.54) is 7.11 Å². The van der Waals surface area contributed by atoms with Crippen molar-refractivity contribution in [1.29, 1.82) is 0 Å². The standard InChI is InChI=1S/C12H21N5O3/c1-4-13-9-15-10(17-11(16-9)18-2)14-7-12(19-3)5-6-20-8-12/h4-8H2,1-3H3,(H2,13,14,15,16,17). The molecule has 2 rings (SSSR count). The predicted molar refractivity (Wildman–Crippen MR) is 74.2 cm³/mol. The van der Waals surface area contributed by atoms with Crippen LogP contribution >= 0.6 is 0 Å². The van der Waals surface area contributed by atoms with Crippen molar-refractivity contribution in [2.75, 3.05) is 51.2 Å². The number of ether oxygens (including phenoxy) is 3. The molecule has 112 valence electrons. The lowest BCUT2D eigenvalue weighted by molar-refractivity contribution is -0.00632. The van der Waals surface area contributed by atoms with Crippen LogP contribution in [0.4, 0.5) is 11.9 Å². The van der Waals surface area contributed by atoms with Gasteiger partial charge in [0.25, 0.3) is 0 Å². The molecule has 1 aromatic heterocycles. The number of rotatable bonds is 7. The first-order chi connectivity index (χ1) is 9.71. The molecular weight excluding hydrogens is 262 g/mol. The molecule has 20 heavy (non-hydrogen) atoms. The Bertz CT molecular complexity index is 437. The molecule has 0 aliphatic carbocycles. The summed E-state index contributed by atoms with van der Waals surface area (Å²) in [6.07, 6.45) is 0.846. The fourth-order valence-electron chi connectivity index (χ4n) is 1.97. The molecule has 1 unspecified atom stereocenters. The Morgan fingerprint density at radius 2 is 1.95 bits per heavy atom. The molecule has 8 heteroatoms. The van der Waals surface area contributed by atoms with Crippen molar-refractivity contribution in [3.8, 4) is 6.01 Å². The molecule has 0 saturated carbocycles. The molecule has 1 aliphatic heterocycles. The Morgan fingerprint density at radius 1 is 1.20 bits per heavy atom. The van der Waals surface area contributed by atoms with Crippen LogP contribution in [0.5, 0.6) is 6.01 Å². The van der Waals surface area contributed by atoms with Gasteiger partial charge in [0.05, 0.1) is 13.7 Å². The second kappa shape index (κ2) is 6.67. The van der Waals surface area contributed by atoms with Crippen molar-refractivity contribution in [1.82, 2.24) is 15.0 Å². The molecule has 0 bridgehead atoms. The van der Waals surface area contributed by atoms with Crippen LogP contribution in [0, 0.1) is 0 Å². The van der Waals surface area contributed by atoms with E-state index < -0.39 is 0 Å². The maximum atomic E-state index is 5.55. The van der Waals surface area contributed by atoms with Crippen molar-refractivity contribution >= 4 is 11.9 Å². The first-order valence-electron chi connectivity index (χ1n) is 6.62. The van der Waals surface area contributed by atoms with Crippen molar-refractivity contribution in [3.05, 3.63) is 0 Å². The van der Waals surface area contributed by atoms with Crippen LogP contribution in [0.15, 0.2) is 0 Å². The minimum Gasteiger partial charge on any atom is -0.467 e. The summed E-state index contributed by atoms with van der Waals surface area (Å²) in [5, 5.41) is 6.20. The highest BCUT2D eigenvalue weighted by atomic mass is 16.5. The van der Waals surface area contributed by atoms with E-state index in [-0.39, 0.29) is 11.6 Å². The number of hydrogen-bond donors (Lipinski definition) is 2. The highest BCUT2D eigenvalue weighted by Crippen LogP contribution is 2.23. The Labute approximate surface area is 118 Å². The highest BCUT2D eigenvalue weighted by molar-refractivity contribution is 5.36. The lowest BCUT2D eigenvalue weighted by Gasteiger charge is -2.25. The van der Waals surface area contributed by atoms with E-state index in [0.29, 0.717) is 31.7 Å². The summed E-state index contributed by atoms with van der Waals surface area (Å²) in [5.74, 6) is 0.937. The summed E-state index contributed by atoms with van der Waals surface area (Å²) < 4.78 is 16.0. The van der Waals surface area contributed by atoms with Gasteiger partial charge in [-0.1, -0.05) is 0 Å². The van der Waals surface area contributed by atoms with Crippen LogP contribution in [0.1, 0.15) is 13.3 Å². The normalized spacial score (nSPS) is 21.8. The molecule has 8 nitrogen and oxygen atoms in total. The molecule has 0 radical (unpaired) electrons. The van der Waals surface area contributed by atoms with Crippen LogP contribution in [-0.2, 0) is 9.47 Å². The summed E-state index contributed by atoms with van der Waals surface area (Å²) in [6.45, 7) is 4.54. The molecule has 1 fully saturated rings. The second-order valence-electron chi connectivity index (χ2n) is 4.54. The predicted octanol–water partition coefficient (Wildman–Crippen LogP) is 0.529. The third-order valence-electron chi connectivity index (χ3n) is 3.20. The number of hydrogen-bond acceptors (Lipinski definition) is 8. The fraction of sp³-hybridized carbons (Fsp3) is 0.750. The molecule has 2 heterocycles. The van der Waals surface area contributed by atoms with Gasteiger partial charge < -0.3 is 24.8 Å². The largest absolute Gasteiger partial charge is 0.467 e. The van der Waals surface area contributed by atoms with Crippen LogP contribution in [0.25, 0.3) is 0 Å². The zero-order chi connectivity index (χ0) is 14.4. The molecule has 1 aromatic rings. The Morgan fingerprint density at radius 3 is 2.50 bits per heavy atom. The van der Waals surface area contributed by atoms with E-state index in [1.807, 2.05) is 6.92 Å². The van der Waals surface area contributed by atoms with Crippen molar-refractivity contribution < 1.29 is 14.2 Å². The molecule has 1 aliphatic rings. The van der Waals surface area contributed by atoms with Crippen molar-refractivity contribution in [2.24, 2.45) is 0 Å². The summed E-state index contributed by atoms with van der Waals surface area (Å²) in [5.41, 5.74) is -0.321. The van der Waals surface area contributed by atoms with E-state index in [2.05, 4.69) is 25.6 Å². The van der Waals surface area contributed by atoms with E-state index >= 15 is 0 Å². The van der Waals surface area contributed by atoms with Crippen LogP contribution in [0.3, 0.4) is 0 Å². The van der Waals surface area contributed by atoms with Gasteiger partial charge in [-0.2, -0.15) is 15.0 Å². The minimum absolute atomic E-state index is 0.271. The van der Waals surface area contributed by atoms with Crippen LogP contribution < -0.4 is 15.4 Å². The highest BCUT2D eigenvalue weighted by Gasteiger charge is 2.35. The molecule has 2 N–H and O–H groups in total. The van der Waals surface area contributed by atoms with Gasteiger partial charge in [0, 0.05) is 33.2 Å². The van der Waals surface area contributed by atoms with Gasteiger partial charge in [-0.15, -0.1) is 0 Å².